The molecular weight excluding hydrogens is 174 g/mol. The van der Waals surface area contributed by atoms with E-state index in [4.69, 9.17) is 5.73 Å². The summed E-state index contributed by atoms with van der Waals surface area (Å²) in [6.07, 6.45) is 0.312. The predicted octanol–water partition coefficient (Wildman–Crippen LogP) is 2.09. The third kappa shape index (κ3) is 3.13. The van der Waals surface area contributed by atoms with E-state index in [1.807, 2.05) is 44.2 Å². The van der Waals surface area contributed by atoms with Crippen LogP contribution in [-0.4, -0.2) is 11.2 Å². The van der Waals surface area contributed by atoms with Crippen LogP contribution in [0.2, 0.25) is 0 Å². The molecule has 0 amide bonds. The lowest BCUT2D eigenvalue weighted by molar-refractivity contribution is 0.108. The quantitative estimate of drug-likeness (QED) is 0.769. The second-order valence-electron chi connectivity index (χ2n) is 4.06. The predicted molar refractivity (Wildman–Crippen MR) is 58.8 cm³/mol. The van der Waals surface area contributed by atoms with E-state index in [9.17, 15) is 5.11 Å². The molecule has 0 fully saturated rings. The largest absolute Gasteiger partial charge is 0.393 e. The van der Waals surface area contributed by atoms with Gasteiger partial charge in [0.2, 0.25) is 0 Å². The van der Waals surface area contributed by atoms with Gasteiger partial charge in [-0.2, -0.15) is 0 Å². The van der Waals surface area contributed by atoms with Crippen molar-refractivity contribution in [1.82, 2.24) is 0 Å². The number of benzene rings is 1. The SMILES string of the molecule is CC(C)[C@@H](O)C[C@H](N)c1ccccc1. The molecule has 1 rings (SSSR count). The summed E-state index contributed by atoms with van der Waals surface area (Å²) in [6, 6.07) is 9.84. The van der Waals surface area contributed by atoms with Crippen LogP contribution >= 0.6 is 0 Å². The summed E-state index contributed by atoms with van der Waals surface area (Å²) < 4.78 is 0. The third-order valence-corrected chi connectivity index (χ3v) is 2.49. The fraction of sp³-hybridized carbons (Fsp3) is 0.500. The van der Waals surface area contributed by atoms with Crippen LogP contribution in [0.4, 0.5) is 0 Å². The fourth-order valence-electron chi connectivity index (χ4n) is 1.37. The summed E-state index contributed by atoms with van der Waals surface area (Å²) in [5.74, 6) is 0.268. The Balaban J connectivity index is 2.55. The minimum absolute atomic E-state index is 0.0615. The molecule has 0 aliphatic rings. The van der Waals surface area contributed by atoms with Crippen molar-refractivity contribution < 1.29 is 5.11 Å². The molecule has 2 heteroatoms. The maximum atomic E-state index is 9.68. The van der Waals surface area contributed by atoms with Gasteiger partial charge in [0.05, 0.1) is 6.10 Å². The molecule has 0 bridgehead atoms. The zero-order valence-corrected chi connectivity index (χ0v) is 8.85. The summed E-state index contributed by atoms with van der Waals surface area (Å²) in [4.78, 5) is 0. The Hall–Kier alpha value is -0.860. The van der Waals surface area contributed by atoms with Gasteiger partial charge in [0.15, 0.2) is 0 Å². The van der Waals surface area contributed by atoms with Gasteiger partial charge in [0, 0.05) is 6.04 Å². The average Bonchev–Trinajstić information content (AvgIpc) is 2.19. The van der Waals surface area contributed by atoms with Crippen molar-refractivity contribution in [2.75, 3.05) is 0 Å². The summed E-state index contributed by atoms with van der Waals surface area (Å²) in [6.45, 7) is 4.00. The van der Waals surface area contributed by atoms with E-state index in [-0.39, 0.29) is 18.1 Å². The average molecular weight is 193 g/mol. The van der Waals surface area contributed by atoms with Crippen LogP contribution in [0.15, 0.2) is 30.3 Å². The molecule has 1 aromatic rings. The Morgan fingerprint density at radius 2 is 1.79 bits per heavy atom. The molecule has 2 nitrogen and oxygen atoms in total. The maximum absolute atomic E-state index is 9.68. The second kappa shape index (κ2) is 5.13. The minimum Gasteiger partial charge on any atom is -0.393 e. The van der Waals surface area contributed by atoms with Crippen LogP contribution in [0.3, 0.4) is 0 Å². The van der Waals surface area contributed by atoms with Crippen LogP contribution in [-0.2, 0) is 0 Å². The zero-order chi connectivity index (χ0) is 10.6. The van der Waals surface area contributed by atoms with E-state index >= 15 is 0 Å². The van der Waals surface area contributed by atoms with Gasteiger partial charge >= 0.3 is 0 Å². The molecular formula is C12H19NO. The maximum Gasteiger partial charge on any atom is 0.0581 e. The standard InChI is InChI=1S/C12H19NO/c1-9(2)12(14)8-11(13)10-6-4-3-5-7-10/h3-7,9,11-12,14H,8,13H2,1-2H3/t11-,12-/m0/s1. The summed E-state index contributed by atoms with van der Waals surface area (Å²) >= 11 is 0. The normalized spacial score (nSPS) is 15.5. The number of rotatable bonds is 4. The Morgan fingerprint density at radius 3 is 2.29 bits per heavy atom. The molecule has 3 N–H and O–H groups in total. The Labute approximate surface area is 85.8 Å². The van der Waals surface area contributed by atoms with Gasteiger partial charge in [0.25, 0.3) is 0 Å². The zero-order valence-electron chi connectivity index (χ0n) is 8.85. The molecule has 0 saturated heterocycles. The van der Waals surface area contributed by atoms with Crippen molar-refractivity contribution in [3.63, 3.8) is 0 Å². The first-order valence-corrected chi connectivity index (χ1v) is 5.10. The first-order chi connectivity index (χ1) is 6.61. The summed E-state index contributed by atoms with van der Waals surface area (Å²) in [7, 11) is 0. The summed E-state index contributed by atoms with van der Waals surface area (Å²) in [5, 5.41) is 9.68. The molecule has 0 heterocycles. The van der Waals surface area contributed by atoms with E-state index in [0.717, 1.165) is 5.56 Å². The van der Waals surface area contributed by atoms with Gasteiger partial charge in [0.1, 0.15) is 0 Å². The number of nitrogens with two attached hydrogens (primary N) is 1. The van der Waals surface area contributed by atoms with E-state index in [1.54, 1.807) is 0 Å². The molecule has 78 valence electrons. The highest BCUT2D eigenvalue weighted by Crippen LogP contribution is 2.18. The molecule has 0 aromatic heterocycles. The van der Waals surface area contributed by atoms with Crippen molar-refractivity contribution in [2.24, 2.45) is 11.7 Å². The monoisotopic (exact) mass is 193 g/mol. The van der Waals surface area contributed by atoms with E-state index in [2.05, 4.69) is 0 Å². The van der Waals surface area contributed by atoms with Gasteiger partial charge < -0.3 is 10.8 Å². The molecule has 2 atom stereocenters. The molecule has 0 spiro atoms. The van der Waals surface area contributed by atoms with Crippen molar-refractivity contribution in [2.45, 2.75) is 32.4 Å². The first kappa shape index (κ1) is 11.2. The second-order valence-corrected chi connectivity index (χ2v) is 4.06. The van der Waals surface area contributed by atoms with Gasteiger partial charge in [-0.15, -0.1) is 0 Å². The molecule has 14 heavy (non-hydrogen) atoms. The van der Waals surface area contributed by atoms with Crippen LogP contribution in [0, 0.1) is 5.92 Å². The highest BCUT2D eigenvalue weighted by molar-refractivity contribution is 5.18. The highest BCUT2D eigenvalue weighted by Gasteiger charge is 2.14. The number of aliphatic hydroxyl groups is 1. The van der Waals surface area contributed by atoms with Gasteiger partial charge in [-0.05, 0) is 17.9 Å². The van der Waals surface area contributed by atoms with Crippen molar-refractivity contribution in [3.05, 3.63) is 35.9 Å². The van der Waals surface area contributed by atoms with E-state index in [1.165, 1.54) is 0 Å². The number of aliphatic hydroxyl groups excluding tert-OH is 1. The van der Waals surface area contributed by atoms with Crippen molar-refractivity contribution >= 4 is 0 Å². The first-order valence-electron chi connectivity index (χ1n) is 5.10. The lowest BCUT2D eigenvalue weighted by atomic mass is 9.96. The Bertz CT molecular complexity index is 258. The lowest BCUT2D eigenvalue weighted by Crippen LogP contribution is -2.22. The molecule has 0 aliphatic carbocycles. The Kier molecular flexibility index (Phi) is 4.11. The third-order valence-electron chi connectivity index (χ3n) is 2.49. The topological polar surface area (TPSA) is 46.2 Å². The van der Waals surface area contributed by atoms with Crippen LogP contribution in [0.25, 0.3) is 0 Å². The fourth-order valence-corrected chi connectivity index (χ4v) is 1.37. The van der Waals surface area contributed by atoms with E-state index in [0.29, 0.717) is 6.42 Å². The van der Waals surface area contributed by atoms with Crippen molar-refractivity contribution in [3.8, 4) is 0 Å². The van der Waals surface area contributed by atoms with Gasteiger partial charge in [-0.1, -0.05) is 44.2 Å². The van der Waals surface area contributed by atoms with Gasteiger partial charge in [-0.25, -0.2) is 0 Å². The highest BCUT2D eigenvalue weighted by atomic mass is 16.3. The number of hydrogen-bond donors (Lipinski definition) is 2. The van der Waals surface area contributed by atoms with E-state index < -0.39 is 0 Å². The molecule has 0 aliphatic heterocycles. The molecule has 0 saturated carbocycles. The van der Waals surface area contributed by atoms with Crippen LogP contribution < -0.4 is 5.73 Å². The molecule has 0 radical (unpaired) electrons. The van der Waals surface area contributed by atoms with Crippen molar-refractivity contribution in [1.29, 1.82) is 0 Å². The van der Waals surface area contributed by atoms with Gasteiger partial charge in [-0.3, -0.25) is 0 Å². The summed E-state index contributed by atoms with van der Waals surface area (Å²) in [5.41, 5.74) is 7.06. The lowest BCUT2D eigenvalue weighted by Gasteiger charge is -2.19. The molecule has 1 aromatic carbocycles. The number of hydrogen-bond acceptors (Lipinski definition) is 2. The van der Waals surface area contributed by atoms with Crippen LogP contribution in [0.1, 0.15) is 31.9 Å². The minimum atomic E-state index is -0.315. The smallest absolute Gasteiger partial charge is 0.0581 e. The Morgan fingerprint density at radius 1 is 1.21 bits per heavy atom. The molecule has 0 unspecified atom stereocenters. The van der Waals surface area contributed by atoms with Crippen LogP contribution in [0.5, 0.6) is 0 Å².